The van der Waals surface area contributed by atoms with Gasteiger partial charge in [-0.25, -0.2) is 4.90 Å². The van der Waals surface area contributed by atoms with Gasteiger partial charge in [-0.2, -0.15) is 0 Å². The smallest absolute Gasteiger partial charge is 0.316 e. The first kappa shape index (κ1) is 23.8. The van der Waals surface area contributed by atoms with Crippen LogP contribution in [0.5, 0.6) is 5.75 Å². The SMILES string of the molecule is Cc1cc(OC(=O)[C@@H]2CC(=O)N(c3cc(Cl)ccc3Cl)C2)ccc1N1C(=O)[C@H]2CCCC[C@@H]2C1=O. The monoisotopic (exact) mass is 514 g/mol. The van der Waals surface area contributed by atoms with Gasteiger partial charge < -0.3 is 9.64 Å². The largest absolute Gasteiger partial charge is 0.426 e. The van der Waals surface area contributed by atoms with Crippen molar-refractivity contribution >= 4 is 58.3 Å². The van der Waals surface area contributed by atoms with Gasteiger partial charge in [0.1, 0.15) is 5.75 Å². The van der Waals surface area contributed by atoms with E-state index >= 15 is 0 Å². The molecule has 3 aliphatic rings. The van der Waals surface area contributed by atoms with Crippen LogP contribution in [0.15, 0.2) is 36.4 Å². The van der Waals surface area contributed by atoms with Gasteiger partial charge in [-0.3, -0.25) is 19.2 Å². The number of halogens is 2. The maximum atomic E-state index is 12.9. The Balaban J connectivity index is 1.29. The third-order valence-electron chi connectivity index (χ3n) is 7.13. The zero-order valence-electron chi connectivity index (χ0n) is 19.1. The molecule has 7 nitrogen and oxygen atoms in total. The molecule has 1 saturated carbocycles. The van der Waals surface area contributed by atoms with Crippen molar-refractivity contribution in [2.75, 3.05) is 16.3 Å². The van der Waals surface area contributed by atoms with Gasteiger partial charge in [-0.1, -0.05) is 36.0 Å². The average molecular weight is 515 g/mol. The lowest BCUT2D eigenvalue weighted by atomic mass is 9.81. The van der Waals surface area contributed by atoms with Crippen molar-refractivity contribution in [3.63, 3.8) is 0 Å². The van der Waals surface area contributed by atoms with E-state index in [2.05, 4.69) is 0 Å². The Kier molecular flexibility index (Phi) is 6.32. The molecule has 5 rings (SSSR count). The van der Waals surface area contributed by atoms with E-state index in [1.54, 1.807) is 43.3 Å². The highest BCUT2D eigenvalue weighted by Gasteiger charge is 2.49. The number of rotatable bonds is 4. The number of anilines is 2. The number of benzene rings is 2. The highest BCUT2D eigenvalue weighted by Crippen LogP contribution is 2.41. The highest BCUT2D eigenvalue weighted by atomic mass is 35.5. The first-order valence-corrected chi connectivity index (χ1v) is 12.5. The topological polar surface area (TPSA) is 84.0 Å². The lowest BCUT2D eigenvalue weighted by molar-refractivity contribution is -0.139. The van der Waals surface area contributed by atoms with Crippen LogP contribution in [0, 0.1) is 24.7 Å². The van der Waals surface area contributed by atoms with E-state index in [4.69, 9.17) is 27.9 Å². The number of hydrogen-bond acceptors (Lipinski definition) is 5. The van der Waals surface area contributed by atoms with Crippen LogP contribution in [0.25, 0.3) is 0 Å². The molecule has 0 unspecified atom stereocenters. The number of hydrogen-bond donors (Lipinski definition) is 0. The van der Waals surface area contributed by atoms with Crippen LogP contribution in [0.3, 0.4) is 0 Å². The van der Waals surface area contributed by atoms with Crippen molar-refractivity contribution in [2.45, 2.75) is 39.0 Å². The molecule has 2 aromatic carbocycles. The summed E-state index contributed by atoms with van der Waals surface area (Å²) in [6.45, 7) is 1.91. The van der Waals surface area contributed by atoms with E-state index in [-0.39, 0.29) is 42.5 Å². The molecule has 0 aromatic heterocycles. The van der Waals surface area contributed by atoms with Gasteiger partial charge in [0.05, 0.1) is 34.2 Å². The zero-order valence-corrected chi connectivity index (χ0v) is 20.6. The zero-order chi connectivity index (χ0) is 24.9. The van der Waals surface area contributed by atoms with Gasteiger partial charge in [-0.15, -0.1) is 0 Å². The first-order chi connectivity index (χ1) is 16.7. The van der Waals surface area contributed by atoms with Gasteiger partial charge >= 0.3 is 5.97 Å². The van der Waals surface area contributed by atoms with Crippen LogP contribution < -0.4 is 14.5 Å². The lowest BCUT2D eigenvalue weighted by Crippen LogP contribution is -2.31. The Labute approximate surface area is 212 Å². The van der Waals surface area contributed by atoms with Crippen LogP contribution in [-0.2, 0) is 19.2 Å². The number of amides is 3. The molecule has 0 N–H and O–H groups in total. The summed E-state index contributed by atoms with van der Waals surface area (Å²) in [4.78, 5) is 54.0. The number of nitrogens with zero attached hydrogens (tertiary/aromatic N) is 2. The van der Waals surface area contributed by atoms with Crippen molar-refractivity contribution < 1.29 is 23.9 Å². The molecule has 0 radical (unpaired) electrons. The predicted octanol–water partition coefficient (Wildman–Crippen LogP) is 4.94. The Bertz CT molecular complexity index is 1220. The van der Waals surface area contributed by atoms with Crippen molar-refractivity contribution in [2.24, 2.45) is 17.8 Å². The molecule has 2 aromatic rings. The number of ether oxygens (including phenoxy) is 1. The standard InChI is InChI=1S/C26H24Cl2N2O5/c1-14-10-17(7-9-21(14)30-24(32)18-4-2-3-5-19(18)25(30)33)35-26(34)15-11-23(31)29(13-15)22-12-16(27)6-8-20(22)28/h6-10,12,15,18-19H,2-5,11,13H2,1H3/t15-,18+,19+/m1/s1. The van der Waals surface area contributed by atoms with Crippen LogP contribution in [0.1, 0.15) is 37.7 Å². The van der Waals surface area contributed by atoms with E-state index in [1.807, 2.05) is 0 Å². The quantitative estimate of drug-likeness (QED) is 0.327. The fourth-order valence-electron chi connectivity index (χ4n) is 5.33. The fourth-order valence-corrected chi connectivity index (χ4v) is 5.72. The summed E-state index contributed by atoms with van der Waals surface area (Å²) in [5.74, 6) is -1.90. The lowest BCUT2D eigenvalue weighted by Gasteiger charge is -2.19. The number of esters is 1. The molecule has 35 heavy (non-hydrogen) atoms. The van der Waals surface area contributed by atoms with Crippen LogP contribution in [-0.4, -0.2) is 30.2 Å². The van der Waals surface area contributed by atoms with E-state index in [0.717, 1.165) is 25.7 Å². The summed E-state index contributed by atoms with van der Waals surface area (Å²) in [5.41, 5.74) is 1.64. The Morgan fingerprint density at radius 2 is 1.63 bits per heavy atom. The third-order valence-corrected chi connectivity index (χ3v) is 7.68. The molecule has 3 atom stereocenters. The molecule has 3 amide bonds. The molecule has 2 heterocycles. The maximum absolute atomic E-state index is 12.9. The van der Waals surface area contributed by atoms with Crippen molar-refractivity contribution in [3.05, 3.63) is 52.0 Å². The molecular formula is C26H24Cl2N2O5. The summed E-state index contributed by atoms with van der Waals surface area (Å²) in [5, 5.41) is 0.807. The summed E-state index contributed by atoms with van der Waals surface area (Å²) >= 11 is 12.3. The fraction of sp³-hybridized carbons (Fsp3) is 0.385. The van der Waals surface area contributed by atoms with E-state index < -0.39 is 11.9 Å². The van der Waals surface area contributed by atoms with Gasteiger partial charge in [-0.05, 0) is 61.7 Å². The molecule has 2 saturated heterocycles. The Morgan fingerprint density at radius 1 is 0.943 bits per heavy atom. The summed E-state index contributed by atoms with van der Waals surface area (Å²) < 4.78 is 5.57. The maximum Gasteiger partial charge on any atom is 0.316 e. The molecule has 182 valence electrons. The van der Waals surface area contributed by atoms with Gasteiger partial charge in [0.2, 0.25) is 17.7 Å². The predicted molar refractivity (Wildman–Crippen MR) is 132 cm³/mol. The first-order valence-electron chi connectivity index (χ1n) is 11.7. The molecule has 1 aliphatic carbocycles. The molecular weight excluding hydrogens is 491 g/mol. The van der Waals surface area contributed by atoms with Gasteiger partial charge in [0, 0.05) is 18.0 Å². The molecule has 2 aliphatic heterocycles. The number of imide groups is 1. The van der Waals surface area contributed by atoms with E-state index in [9.17, 15) is 19.2 Å². The highest BCUT2D eigenvalue weighted by molar-refractivity contribution is 6.36. The van der Waals surface area contributed by atoms with E-state index in [1.165, 1.54) is 9.80 Å². The van der Waals surface area contributed by atoms with Gasteiger partial charge in [0.15, 0.2) is 0 Å². The van der Waals surface area contributed by atoms with Crippen LogP contribution in [0.4, 0.5) is 11.4 Å². The number of fused-ring (bicyclic) bond motifs is 1. The van der Waals surface area contributed by atoms with Crippen LogP contribution >= 0.6 is 23.2 Å². The van der Waals surface area contributed by atoms with Crippen molar-refractivity contribution in [3.8, 4) is 5.75 Å². The Hall–Kier alpha value is -2.90. The second kappa shape index (κ2) is 9.28. The summed E-state index contributed by atoms with van der Waals surface area (Å²) in [6, 6.07) is 9.68. The Morgan fingerprint density at radius 3 is 2.29 bits per heavy atom. The molecule has 0 spiro atoms. The third kappa shape index (κ3) is 4.32. The second-order valence-electron chi connectivity index (χ2n) is 9.38. The van der Waals surface area contributed by atoms with Crippen molar-refractivity contribution in [1.29, 1.82) is 0 Å². The van der Waals surface area contributed by atoms with E-state index in [0.29, 0.717) is 32.7 Å². The minimum absolute atomic E-state index is 0.00169. The number of aryl methyl sites for hydroxylation is 1. The van der Waals surface area contributed by atoms with Crippen molar-refractivity contribution in [1.82, 2.24) is 0 Å². The molecule has 9 heteroatoms. The summed E-state index contributed by atoms with van der Waals surface area (Å²) in [7, 11) is 0. The molecule has 0 bridgehead atoms. The minimum atomic E-state index is -0.664. The summed E-state index contributed by atoms with van der Waals surface area (Å²) in [6.07, 6.45) is 3.42. The average Bonchev–Trinajstić information content (AvgIpc) is 3.34. The minimum Gasteiger partial charge on any atom is -0.426 e. The second-order valence-corrected chi connectivity index (χ2v) is 10.2. The van der Waals surface area contributed by atoms with Crippen LogP contribution in [0.2, 0.25) is 10.0 Å². The number of carbonyl (C=O) groups is 4. The molecule has 3 fully saturated rings. The normalized spacial score (nSPS) is 24.2. The number of carbonyl (C=O) groups excluding carboxylic acids is 4. The van der Waals surface area contributed by atoms with Gasteiger partial charge in [0.25, 0.3) is 0 Å².